The average molecular weight is 606 g/mol. The van der Waals surface area contributed by atoms with Crippen LogP contribution >= 0.6 is 0 Å². The minimum atomic E-state index is -2.03. The summed E-state index contributed by atoms with van der Waals surface area (Å²) in [6.45, 7) is 5.39. The van der Waals surface area contributed by atoms with Crippen LogP contribution in [0.15, 0.2) is 0 Å². The molecule has 0 bridgehead atoms. The second-order valence-corrected chi connectivity index (χ2v) is 9.78. The zero-order valence-electron chi connectivity index (χ0n) is 23.2. The van der Waals surface area contributed by atoms with E-state index in [1.165, 1.54) is 0 Å². The highest BCUT2D eigenvalue weighted by Gasteiger charge is 2.55. The number of amides is 5. The summed E-state index contributed by atoms with van der Waals surface area (Å²) in [7, 11) is 0. The first-order chi connectivity index (χ1) is 19.4. The highest BCUT2D eigenvalue weighted by Crippen LogP contribution is 2.29. The number of ether oxygens (including phenoxy) is 3. The van der Waals surface area contributed by atoms with Crippen molar-refractivity contribution >= 4 is 41.5 Å². The molecule has 2 heterocycles. The molecule has 11 atom stereocenters. The average Bonchev–Trinajstić information content (AvgIpc) is 2.84. The van der Waals surface area contributed by atoms with Crippen LogP contribution < -0.4 is 26.6 Å². The van der Waals surface area contributed by atoms with Gasteiger partial charge in [0, 0.05) is 27.7 Å². The molecular weight excluding hydrogens is 570 g/mol. The number of nitrogens with one attached hydrogen (secondary N) is 5. The molecule has 2 rings (SSSR count). The van der Waals surface area contributed by atoms with E-state index < -0.39 is 109 Å². The summed E-state index contributed by atoms with van der Waals surface area (Å²) in [4.78, 5) is 84.4. The second kappa shape index (κ2) is 14.3. The summed E-state index contributed by atoms with van der Waals surface area (Å²) in [5, 5.41) is 52.0. The van der Waals surface area contributed by atoms with Crippen LogP contribution in [0.5, 0.6) is 0 Å². The normalized spacial score (nSPS) is 33.3. The van der Waals surface area contributed by atoms with E-state index in [-0.39, 0.29) is 0 Å². The van der Waals surface area contributed by atoms with Crippen molar-refractivity contribution in [3.8, 4) is 0 Å². The molecule has 0 unspecified atom stereocenters. The summed E-state index contributed by atoms with van der Waals surface area (Å²) in [6, 6.07) is -7.47. The summed E-state index contributed by atoms with van der Waals surface area (Å²) < 4.78 is 16.7. The van der Waals surface area contributed by atoms with E-state index in [2.05, 4.69) is 26.6 Å². The third kappa shape index (κ3) is 8.55. The van der Waals surface area contributed by atoms with Gasteiger partial charge in [-0.1, -0.05) is 0 Å². The summed E-state index contributed by atoms with van der Waals surface area (Å²) in [5.74, 6) is -7.19. The molecule has 0 aromatic carbocycles. The van der Waals surface area contributed by atoms with Crippen LogP contribution in [-0.2, 0) is 47.8 Å². The second-order valence-electron chi connectivity index (χ2n) is 9.78. The number of carbonyl (C=O) groups is 7. The van der Waals surface area contributed by atoms with Gasteiger partial charge >= 0.3 is 11.9 Å². The van der Waals surface area contributed by atoms with Crippen LogP contribution in [0.3, 0.4) is 0 Å². The number of aliphatic carboxylic acids is 2. The molecule has 5 amide bonds. The number of hydrogen-bond donors (Lipinski definition) is 9. The quantitative estimate of drug-likeness (QED) is 0.113. The first-order valence-corrected chi connectivity index (χ1v) is 12.6. The lowest BCUT2D eigenvalue weighted by Gasteiger charge is -2.48. The number of carboxylic acid groups (broad SMARTS) is 2. The van der Waals surface area contributed by atoms with Crippen molar-refractivity contribution in [2.24, 2.45) is 0 Å². The predicted octanol–water partition coefficient (Wildman–Crippen LogP) is -5.13. The van der Waals surface area contributed by atoms with Crippen LogP contribution in [0.25, 0.3) is 0 Å². The summed E-state index contributed by atoms with van der Waals surface area (Å²) in [5.41, 5.74) is 0. The van der Waals surface area contributed by atoms with Crippen LogP contribution in [0.4, 0.5) is 0 Å². The monoisotopic (exact) mass is 605 g/mol. The van der Waals surface area contributed by atoms with Gasteiger partial charge in [-0.05, 0) is 6.92 Å². The SMILES string of the molecule is CC(=O)N[C@@H]1[C@H](O[C@H]2[C@H](NC(C)=O)[C@@H](NC(C)=O)[C@H](O)O[C@@H]2C(=O)O)O[C@H](C(=O)N[C@@H](C)C(=O)O)[C@@H](O)[C@@H]1NC(C)=O. The highest BCUT2D eigenvalue weighted by atomic mass is 16.7. The van der Waals surface area contributed by atoms with Crippen molar-refractivity contribution in [3.63, 3.8) is 0 Å². The molecule has 2 saturated heterocycles. The minimum Gasteiger partial charge on any atom is -0.480 e. The fourth-order valence-corrected chi connectivity index (χ4v) is 4.57. The van der Waals surface area contributed by atoms with Gasteiger partial charge in [0.15, 0.2) is 24.8 Å². The van der Waals surface area contributed by atoms with Crippen LogP contribution in [-0.4, -0.2) is 129 Å². The zero-order chi connectivity index (χ0) is 32.0. The Labute approximate surface area is 238 Å². The van der Waals surface area contributed by atoms with Gasteiger partial charge in [0.1, 0.15) is 30.3 Å². The summed E-state index contributed by atoms with van der Waals surface area (Å²) >= 11 is 0. The largest absolute Gasteiger partial charge is 0.480 e. The van der Waals surface area contributed by atoms with E-state index in [1.54, 1.807) is 0 Å². The predicted molar refractivity (Wildman–Crippen MR) is 134 cm³/mol. The third-order valence-electron chi connectivity index (χ3n) is 6.27. The maximum Gasteiger partial charge on any atom is 0.335 e. The number of aliphatic hydroxyl groups is 2. The van der Waals surface area contributed by atoms with E-state index in [4.69, 9.17) is 19.3 Å². The molecular formula is C23H35N5O14. The van der Waals surface area contributed by atoms with Gasteiger partial charge in [-0.2, -0.15) is 0 Å². The van der Waals surface area contributed by atoms with Gasteiger partial charge in [-0.15, -0.1) is 0 Å². The number of rotatable bonds is 10. The van der Waals surface area contributed by atoms with Gasteiger partial charge in [0.2, 0.25) is 23.6 Å². The van der Waals surface area contributed by atoms with E-state index in [9.17, 15) is 48.9 Å². The Morgan fingerprint density at radius 3 is 1.64 bits per heavy atom. The van der Waals surface area contributed by atoms with E-state index >= 15 is 0 Å². The molecule has 2 aliphatic heterocycles. The number of carbonyl (C=O) groups excluding carboxylic acids is 5. The fraction of sp³-hybridized carbons (Fsp3) is 0.696. The first-order valence-electron chi connectivity index (χ1n) is 12.6. The smallest absolute Gasteiger partial charge is 0.335 e. The molecule has 0 radical (unpaired) electrons. The third-order valence-corrected chi connectivity index (χ3v) is 6.27. The molecule has 236 valence electrons. The molecule has 2 fully saturated rings. The molecule has 19 heteroatoms. The molecule has 19 nitrogen and oxygen atoms in total. The van der Waals surface area contributed by atoms with Gasteiger partial charge in [0.05, 0.1) is 12.1 Å². The lowest BCUT2D eigenvalue weighted by molar-refractivity contribution is -0.295. The van der Waals surface area contributed by atoms with Crippen molar-refractivity contribution in [2.45, 2.75) is 102 Å². The van der Waals surface area contributed by atoms with E-state index in [0.717, 1.165) is 34.6 Å². The molecule has 0 aliphatic carbocycles. The zero-order valence-corrected chi connectivity index (χ0v) is 23.2. The molecule has 0 spiro atoms. The molecule has 0 aromatic heterocycles. The Balaban J connectivity index is 2.62. The topological polar surface area (TPSA) is 288 Å². The van der Waals surface area contributed by atoms with Crippen molar-refractivity contribution in [2.75, 3.05) is 0 Å². The fourth-order valence-electron chi connectivity index (χ4n) is 4.57. The summed E-state index contributed by atoms with van der Waals surface area (Å²) in [6.07, 6.45) is -11.5. The Morgan fingerprint density at radius 2 is 1.17 bits per heavy atom. The molecule has 0 aromatic rings. The lowest BCUT2D eigenvalue weighted by atomic mass is 9.91. The first kappa shape index (κ1) is 34.3. The Bertz CT molecular complexity index is 1090. The number of aliphatic hydroxyl groups excluding tert-OH is 2. The van der Waals surface area contributed by atoms with Gasteiger partial charge < -0.3 is 61.2 Å². The maximum atomic E-state index is 12.9. The van der Waals surface area contributed by atoms with Gasteiger partial charge in [-0.3, -0.25) is 28.8 Å². The molecule has 0 saturated carbocycles. The Morgan fingerprint density at radius 1 is 0.690 bits per heavy atom. The van der Waals surface area contributed by atoms with Gasteiger partial charge in [-0.25, -0.2) is 4.79 Å². The highest BCUT2D eigenvalue weighted by molar-refractivity contribution is 5.87. The van der Waals surface area contributed by atoms with Gasteiger partial charge in [0.25, 0.3) is 5.91 Å². The molecule has 9 N–H and O–H groups in total. The minimum absolute atomic E-state index is 0.700. The van der Waals surface area contributed by atoms with Crippen molar-refractivity contribution in [3.05, 3.63) is 0 Å². The molecule has 2 aliphatic rings. The van der Waals surface area contributed by atoms with Crippen molar-refractivity contribution < 1.29 is 68.2 Å². The van der Waals surface area contributed by atoms with E-state index in [1.807, 2.05) is 0 Å². The van der Waals surface area contributed by atoms with Crippen molar-refractivity contribution in [1.82, 2.24) is 26.6 Å². The Hall–Kier alpha value is -3.91. The number of hydrogen-bond acceptors (Lipinski definition) is 12. The van der Waals surface area contributed by atoms with E-state index in [0.29, 0.717) is 0 Å². The van der Waals surface area contributed by atoms with Crippen LogP contribution in [0.1, 0.15) is 34.6 Å². The number of carboxylic acids is 2. The Kier molecular flexibility index (Phi) is 11.7. The lowest BCUT2D eigenvalue weighted by Crippen LogP contribution is -2.74. The maximum absolute atomic E-state index is 12.9. The molecule has 42 heavy (non-hydrogen) atoms. The van der Waals surface area contributed by atoms with Crippen LogP contribution in [0, 0.1) is 0 Å². The standard InChI is InChI=1S/C23H35N5O14/c1-6(20(35)36)24-19(34)17-15(33)11(25-7(2)29)14(28-10(5)32)23(42-17)41-16-12(26-8(3)30)13(27-9(4)31)22(39)40-18(16)21(37)38/h6,11-18,22-23,33,39H,1-5H3,(H,24,34)(H,25,29)(H,26,30)(H,27,31)(H,28,32)(H,35,36)(H,37,38)/t6-,11+,12+,13+,14-,15-,16-,17-,18-,22+,23+/m0/s1. The van der Waals surface area contributed by atoms with Crippen LogP contribution in [0.2, 0.25) is 0 Å². The van der Waals surface area contributed by atoms with Crippen molar-refractivity contribution in [1.29, 1.82) is 0 Å².